The summed E-state index contributed by atoms with van der Waals surface area (Å²) in [5, 5.41) is 13.4. The molecule has 1 aromatic carbocycles. The summed E-state index contributed by atoms with van der Waals surface area (Å²) in [4.78, 5) is 21.9. The molecule has 0 aliphatic heterocycles. The van der Waals surface area contributed by atoms with Gasteiger partial charge in [-0.25, -0.2) is 0 Å². The fraction of sp³-hybridized carbons (Fsp3) is 0.364. The number of nitrogens with zero attached hydrogens (tertiary/aromatic N) is 1. The van der Waals surface area contributed by atoms with E-state index in [1.165, 1.54) is 12.1 Å². The third-order valence-electron chi connectivity index (χ3n) is 2.01. The van der Waals surface area contributed by atoms with Crippen LogP contribution in [-0.2, 0) is 0 Å². The van der Waals surface area contributed by atoms with Gasteiger partial charge in [-0.05, 0) is 32.4 Å². The van der Waals surface area contributed by atoms with Crippen molar-refractivity contribution in [2.24, 2.45) is 0 Å². The molecule has 0 radical (unpaired) electrons. The summed E-state index contributed by atoms with van der Waals surface area (Å²) in [5.41, 5.74) is 0.766. The van der Waals surface area contributed by atoms with Gasteiger partial charge in [0.1, 0.15) is 5.56 Å². The highest BCUT2D eigenvalue weighted by atomic mass is 16.6. The molecule has 0 saturated heterocycles. The highest BCUT2D eigenvalue weighted by Gasteiger charge is 2.20. The summed E-state index contributed by atoms with van der Waals surface area (Å²) >= 11 is 0. The van der Waals surface area contributed by atoms with Crippen LogP contribution in [0, 0.1) is 17.0 Å². The number of rotatable bonds is 3. The number of carbonyl (C=O) groups is 1. The molecule has 16 heavy (non-hydrogen) atoms. The maximum absolute atomic E-state index is 11.7. The van der Waals surface area contributed by atoms with E-state index in [1.54, 1.807) is 26.8 Å². The highest BCUT2D eigenvalue weighted by Crippen LogP contribution is 2.19. The third kappa shape index (κ3) is 2.79. The standard InChI is InChI=1S/C11H14N2O3/c1-7(2)12-11(14)9-6-8(3)4-5-10(9)13(15)16/h4-7H,1-3H3,(H,12,14). The minimum Gasteiger partial charge on any atom is -0.350 e. The Balaban J connectivity index is 3.14. The lowest BCUT2D eigenvalue weighted by Gasteiger charge is -2.08. The van der Waals surface area contributed by atoms with E-state index in [2.05, 4.69) is 5.32 Å². The normalized spacial score (nSPS) is 10.2. The average Bonchev–Trinajstić information content (AvgIpc) is 2.15. The molecule has 0 fully saturated rings. The minimum absolute atomic E-state index is 0.0485. The van der Waals surface area contributed by atoms with Crippen LogP contribution in [0.2, 0.25) is 0 Å². The smallest absolute Gasteiger partial charge is 0.282 e. The fourth-order valence-electron chi connectivity index (χ4n) is 1.33. The molecule has 0 aliphatic rings. The van der Waals surface area contributed by atoms with Crippen LogP contribution in [0.4, 0.5) is 5.69 Å². The number of benzene rings is 1. The maximum atomic E-state index is 11.7. The van der Waals surface area contributed by atoms with Gasteiger partial charge >= 0.3 is 0 Å². The first-order valence-corrected chi connectivity index (χ1v) is 4.97. The predicted octanol–water partition coefficient (Wildman–Crippen LogP) is 2.04. The lowest BCUT2D eigenvalue weighted by atomic mass is 10.1. The van der Waals surface area contributed by atoms with Crippen molar-refractivity contribution in [3.8, 4) is 0 Å². The molecule has 86 valence electrons. The van der Waals surface area contributed by atoms with Crippen LogP contribution in [0.3, 0.4) is 0 Å². The zero-order valence-corrected chi connectivity index (χ0v) is 9.48. The van der Waals surface area contributed by atoms with Gasteiger partial charge < -0.3 is 5.32 Å². The second-order valence-corrected chi connectivity index (χ2v) is 3.91. The molecular weight excluding hydrogens is 208 g/mol. The molecule has 0 saturated carbocycles. The van der Waals surface area contributed by atoms with Crippen molar-refractivity contribution in [2.45, 2.75) is 26.8 Å². The van der Waals surface area contributed by atoms with E-state index in [1.807, 2.05) is 0 Å². The van der Waals surface area contributed by atoms with Gasteiger partial charge in [-0.2, -0.15) is 0 Å². The van der Waals surface area contributed by atoms with Gasteiger partial charge in [0.25, 0.3) is 11.6 Å². The number of nitrogens with one attached hydrogen (secondary N) is 1. The second-order valence-electron chi connectivity index (χ2n) is 3.91. The minimum atomic E-state index is -0.547. The summed E-state index contributed by atoms with van der Waals surface area (Å²) < 4.78 is 0. The van der Waals surface area contributed by atoms with E-state index < -0.39 is 10.8 Å². The first-order chi connectivity index (χ1) is 7.41. The highest BCUT2D eigenvalue weighted by molar-refractivity contribution is 5.98. The number of aryl methyl sites for hydroxylation is 1. The first kappa shape index (κ1) is 12.2. The molecule has 0 bridgehead atoms. The molecule has 1 amide bonds. The number of carbonyl (C=O) groups excluding carboxylic acids is 1. The molecule has 0 atom stereocenters. The predicted molar refractivity (Wildman–Crippen MR) is 60.4 cm³/mol. The van der Waals surface area contributed by atoms with Crippen LogP contribution in [0.25, 0.3) is 0 Å². The largest absolute Gasteiger partial charge is 0.350 e. The van der Waals surface area contributed by atoms with Crippen molar-refractivity contribution >= 4 is 11.6 Å². The molecule has 5 heteroatoms. The summed E-state index contributed by atoms with van der Waals surface area (Å²) in [5.74, 6) is -0.412. The number of nitro groups is 1. The van der Waals surface area contributed by atoms with Crippen molar-refractivity contribution in [3.63, 3.8) is 0 Å². The fourth-order valence-corrected chi connectivity index (χ4v) is 1.33. The SMILES string of the molecule is Cc1ccc([N+](=O)[O-])c(C(=O)NC(C)C)c1. The van der Waals surface area contributed by atoms with Crippen LogP contribution in [-0.4, -0.2) is 16.9 Å². The van der Waals surface area contributed by atoms with Gasteiger partial charge in [0, 0.05) is 12.1 Å². The lowest BCUT2D eigenvalue weighted by Crippen LogP contribution is -2.30. The van der Waals surface area contributed by atoms with Gasteiger partial charge in [-0.15, -0.1) is 0 Å². The molecular formula is C11H14N2O3. The topological polar surface area (TPSA) is 72.2 Å². The molecule has 0 aromatic heterocycles. The summed E-state index contributed by atoms with van der Waals surface area (Å²) in [6, 6.07) is 4.44. The molecule has 0 aliphatic carbocycles. The Morgan fingerprint density at radius 1 is 1.44 bits per heavy atom. The maximum Gasteiger partial charge on any atom is 0.282 e. The Morgan fingerprint density at radius 2 is 2.06 bits per heavy atom. The van der Waals surface area contributed by atoms with Crippen LogP contribution in [0.5, 0.6) is 0 Å². The van der Waals surface area contributed by atoms with Gasteiger partial charge in [-0.3, -0.25) is 14.9 Å². The molecule has 1 aromatic rings. The Bertz CT molecular complexity index is 427. The Hall–Kier alpha value is -1.91. The summed E-state index contributed by atoms with van der Waals surface area (Å²) in [6.07, 6.45) is 0. The Labute approximate surface area is 93.6 Å². The third-order valence-corrected chi connectivity index (χ3v) is 2.01. The number of hydrogen-bond acceptors (Lipinski definition) is 3. The zero-order valence-electron chi connectivity index (χ0n) is 9.48. The monoisotopic (exact) mass is 222 g/mol. The zero-order chi connectivity index (χ0) is 12.3. The van der Waals surface area contributed by atoms with Gasteiger partial charge in [0.15, 0.2) is 0 Å². The lowest BCUT2D eigenvalue weighted by molar-refractivity contribution is -0.385. The van der Waals surface area contributed by atoms with Crippen LogP contribution in [0.15, 0.2) is 18.2 Å². The molecule has 5 nitrogen and oxygen atoms in total. The quantitative estimate of drug-likeness (QED) is 0.628. The number of nitro benzene ring substituents is 1. The van der Waals surface area contributed by atoms with Crippen molar-refractivity contribution < 1.29 is 9.72 Å². The van der Waals surface area contributed by atoms with Gasteiger partial charge in [0.2, 0.25) is 0 Å². The van der Waals surface area contributed by atoms with Gasteiger partial charge in [0.05, 0.1) is 4.92 Å². The molecule has 0 heterocycles. The summed E-state index contributed by atoms with van der Waals surface area (Å²) in [6.45, 7) is 5.40. The average molecular weight is 222 g/mol. The van der Waals surface area contributed by atoms with E-state index in [0.29, 0.717) is 0 Å². The van der Waals surface area contributed by atoms with E-state index in [4.69, 9.17) is 0 Å². The number of hydrogen-bond donors (Lipinski definition) is 1. The van der Waals surface area contributed by atoms with Crippen molar-refractivity contribution in [3.05, 3.63) is 39.4 Å². The van der Waals surface area contributed by atoms with Crippen molar-refractivity contribution in [1.29, 1.82) is 0 Å². The van der Waals surface area contributed by atoms with Crippen LogP contribution in [0.1, 0.15) is 29.8 Å². The first-order valence-electron chi connectivity index (χ1n) is 4.97. The molecule has 1 N–H and O–H groups in total. The van der Waals surface area contributed by atoms with E-state index in [-0.39, 0.29) is 17.3 Å². The van der Waals surface area contributed by atoms with Crippen LogP contribution < -0.4 is 5.32 Å². The Morgan fingerprint density at radius 3 is 2.56 bits per heavy atom. The van der Waals surface area contributed by atoms with Gasteiger partial charge in [-0.1, -0.05) is 6.07 Å². The van der Waals surface area contributed by atoms with Crippen molar-refractivity contribution in [1.82, 2.24) is 5.32 Å². The Kier molecular flexibility index (Phi) is 3.60. The van der Waals surface area contributed by atoms with E-state index >= 15 is 0 Å². The van der Waals surface area contributed by atoms with Crippen molar-refractivity contribution in [2.75, 3.05) is 0 Å². The molecule has 1 rings (SSSR count). The van der Waals surface area contributed by atoms with E-state index in [9.17, 15) is 14.9 Å². The molecule has 0 unspecified atom stereocenters. The second kappa shape index (κ2) is 4.74. The molecule has 0 spiro atoms. The van der Waals surface area contributed by atoms with Crippen LogP contribution >= 0.6 is 0 Å². The van der Waals surface area contributed by atoms with E-state index in [0.717, 1.165) is 5.56 Å². The summed E-state index contributed by atoms with van der Waals surface area (Å²) in [7, 11) is 0. The number of amides is 1.